The van der Waals surface area contributed by atoms with Crippen molar-refractivity contribution in [2.75, 3.05) is 6.54 Å². The molecule has 2 aromatic rings. The number of amides is 1. The van der Waals surface area contributed by atoms with Gasteiger partial charge in [0.15, 0.2) is 6.04 Å². The maximum Gasteiger partial charge on any atom is 0.331 e. The van der Waals surface area contributed by atoms with E-state index in [-0.39, 0.29) is 0 Å². The van der Waals surface area contributed by atoms with E-state index in [1.54, 1.807) is 24.4 Å². The number of para-hydroxylation sites is 1. The molecule has 1 N–H and O–H groups in total. The summed E-state index contributed by atoms with van der Waals surface area (Å²) in [5.41, 5.74) is 1.15. The van der Waals surface area contributed by atoms with Crippen molar-refractivity contribution in [1.29, 1.82) is 0 Å². The molecule has 1 unspecified atom stereocenters. The lowest BCUT2D eigenvalue weighted by molar-refractivity contribution is -0.146. The Morgan fingerprint density at radius 3 is 2.80 bits per heavy atom. The van der Waals surface area contributed by atoms with Gasteiger partial charge in [-0.15, -0.1) is 0 Å². The van der Waals surface area contributed by atoms with Crippen LogP contribution in [0.15, 0.2) is 36.5 Å². The number of aliphatic carboxylic acids is 1. The van der Waals surface area contributed by atoms with Crippen LogP contribution in [0.1, 0.15) is 24.9 Å². The van der Waals surface area contributed by atoms with Gasteiger partial charge in [-0.3, -0.25) is 9.78 Å². The monoisotopic (exact) mass is 272 g/mol. The quantitative estimate of drug-likeness (QED) is 0.819. The molecule has 1 aromatic heterocycles. The average molecular weight is 272 g/mol. The zero-order valence-corrected chi connectivity index (χ0v) is 11.2. The number of carboxylic acids is 1. The van der Waals surface area contributed by atoms with E-state index >= 15 is 0 Å². The molecule has 1 aromatic carbocycles. The fourth-order valence-electron chi connectivity index (χ4n) is 2.30. The van der Waals surface area contributed by atoms with Crippen LogP contribution in [0.2, 0.25) is 0 Å². The van der Waals surface area contributed by atoms with Crippen molar-refractivity contribution in [3.8, 4) is 0 Å². The van der Waals surface area contributed by atoms with Gasteiger partial charge in [-0.25, -0.2) is 4.79 Å². The van der Waals surface area contributed by atoms with Crippen molar-refractivity contribution in [3.63, 3.8) is 0 Å². The highest BCUT2D eigenvalue weighted by atomic mass is 16.4. The van der Waals surface area contributed by atoms with Crippen molar-refractivity contribution in [1.82, 2.24) is 9.88 Å². The first kappa shape index (κ1) is 14.0. The van der Waals surface area contributed by atoms with E-state index in [1.807, 2.05) is 19.1 Å². The zero-order chi connectivity index (χ0) is 14.5. The number of pyridine rings is 1. The van der Waals surface area contributed by atoms with E-state index in [4.69, 9.17) is 0 Å². The minimum atomic E-state index is -1.05. The standard InChI is InChI=1S/C15H16N2O3/c1-2-9-17(10-18)14(15(19)20)12-7-3-5-11-6-4-8-16-13(11)12/h3-8,10,14H,2,9H2,1H3,(H,19,20). The summed E-state index contributed by atoms with van der Waals surface area (Å²) in [6.07, 6.45) is 2.90. The van der Waals surface area contributed by atoms with Gasteiger partial charge in [0, 0.05) is 23.7 Å². The first-order valence-electron chi connectivity index (χ1n) is 6.46. The summed E-state index contributed by atoms with van der Waals surface area (Å²) in [5, 5.41) is 10.3. The Morgan fingerprint density at radius 2 is 2.15 bits per heavy atom. The number of benzene rings is 1. The summed E-state index contributed by atoms with van der Waals surface area (Å²) in [6, 6.07) is 8.02. The van der Waals surface area contributed by atoms with E-state index in [2.05, 4.69) is 4.98 Å². The molecule has 0 aliphatic rings. The van der Waals surface area contributed by atoms with Gasteiger partial charge in [-0.2, -0.15) is 0 Å². The van der Waals surface area contributed by atoms with E-state index in [0.29, 0.717) is 30.5 Å². The third-order valence-electron chi connectivity index (χ3n) is 3.14. The van der Waals surface area contributed by atoms with Crippen LogP contribution in [-0.4, -0.2) is 33.9 Å². The molecular weight excluding hydrogens is 256 g/mol. The van der Waals surface area contributed by atoms with Crippen LogP contribution in [0, 0.1) is 0 Å². The number of aromatic nitrogens is 1. The summed E-state index contributed by atoms with van der Waals surface area (Å²) in [4.78, 5) is 28.3. The Morgan fingerprint density at radius 1 is 1.40 bits per heavy atom. The summed E-state index contributed by atoms with van der Waals surface area (Å²) in [6.45, 7) is 2.29. The lowest BCUT2D eigenvalue weighted by atomic mass is 10.0. The third-order valence-corrected chi connectivity index (χ3v) is 3.14. The van der Waals surface area contributed by atoms with Crippen LogP contribution in [0.25, 0.3) is 10.9 Å². The second-order valence-corrected chi connectivity index (χ2v) is 4.51. The Labute approximate surface area is 116 Å². The van der Waals surface area contributed by atoms with Gasteiger partial charge in [0.2, 0.25) is 6.41 Å². The van der Waals surface area contributed by atoms with Crippen molar-refractivity contribution in [2.24, 2.45) is 0 Å². The Balaban J connectivity index is 2.57. The van der Waals surface area contributed by atoms with Crippen LogP contribution in [-0.2, 0) is 9.59 Å². The van der Waals surface area contributed by atoms with E-state index in [0.717, 1.165) is 5.39 Å². The van der Waals surface area contributed by atoms with Gasteiger partial charge in [0.25, 0.3) is 0 Å². The number of hydrogen-bond donors (Lipinski definition) is 1. The summed E-state index contributed by atoms with van der Waals surface area (Å²) in [5.74, 6) is -1.05. The molecular formula is C15H16N2O3. The van der Waals surface area contributed by atoms with Crippen LogP contribution in [0.3, 0.4) is 0 Å². The molecule has 0 spiro atoms. The normalized spacial score (nSPS) is 12.1. The first-order chi connectivity index (χ1) is 9.69. The fourth-order valence-corrected chi connectivity index (χ4v) is 2.30. The first-order valence-corrected chi connectivity index (χ1v) is 6.46. The molecule has 2 rings (SSSR count). The zero-order valence-electron chi connectivity index (χ0n) is 11.2. The van der Waals surface area contributed by atoms with Crippen molar-refractivity contribution < 1.29 is 14.7 Å². The lowest BCUT2D eigenvalue weighted by Crippen LogP contribution is -2.34. The summed E-state index contributed by atoms with van der Waals surface area (Å²) < 4.78 is 0. The van der Waals surface area contributed by atoms with E-state index in [9.17, 15) is 14.7 Å². The number of nitrogens with zero attached hydrogens (tertiary/aromatic N) is 2. The number of hydrogen-bond acceptors (Lipinski definition) is 3. The number of carbonyl (C=O) groups is 2. The highest BCUT2D eigenvalue weighted by molar-refractivity contribution is 5.88. The molecule has 0 saturated heterocycles. The SMILES string of the molecule is CCCN(C=O)C(C(=O)O)c1cccc2cccnc12. The van der Waals surface area contributed by atoms with Gasteiger partial charge < -0.3 is 10.0 Å². The maximum atomic E-state index is 11.6. The van der Waals surface area contributed by atoms with Crippen molar-refractivity contribution >= 4 is 23.3 Å². The van der Waals surface area contributed by atoms with Gasteiger partial charge in [0.05, 0.1) is 5.52 Å². The molecule has 0 aliphatic heterocycles. The number of rotatable bonds is 6. The molecule has 0 saturated carbocycles. The maximum absolute atomic E-state index is 11.6. The molecule has 0 fully saturated rings. The Hall–Kier alpha value is -2.43. The predicted molar refractivity (Wildman–Crippen MR) is 75.2 cm³/mol. The Kier molecular flexibility index (Phi) is 4.30. The van der Waals surface area contributed by atoms with E-state index in [1.165, 1.54) is 4.90 Å². The molecule has 104 valence electrons. The molecule has 1 heterocycles. The van der Waals surface area contributed by atoms with Gasteiger partial charge in [-0.05, 0) is 12.5 Å². The van der Waals surface area contributed by atoms with Gasteiger partial charge >= 0.3 is 5.97 Å². The highest BCUT2D eigenvalue weighted by Crippen LogP contribution is 2.26. The topological polar surface area (TPSA) is 70.5 Å². The van der Waals surface area contributed by atoms with Crippen molar-refractivity contribution in [3.05, 3.63) is 42.1 Å². The van der Waals surface area contributed by atoms with Crippen LogP contribution in [0.4, 0.5) is 0 Å². The van der Waals surface area contributed by atoms with E-state index < -0.39 is 12.0 Å². The molecule has 1 amide bonds. The second kappa shape index (κ2) is 6.14. The molecule has 0 aliphatic carbocycles. The molecule has 0 bridgehead atoms. The predicted octanol–water partition coefficient (Wildman–Crippen LogP) is 2.23. The summed E-state index contributed by atoms with van der Waals surface area (Å²) >= 11 is 0. The number of carboxylic acid groups (broad SMARTS) is 1. The second-order valence-electron chi connectivity index (χ2n) is 4.51. The van der Waals surface area contributed by atoms with Gasteiger partial charge in [-0.1, -0.05) is 31.2 Å². The van der Waals surface area contributed by atoms with Gasteiger partial charge in [0.1, 0.15) is 0 Å². The fraction of sp³-hybridized carbons (Fsp3) is 0.267. The van der Waals surface area contributed by atoms with Crippen LogP contribution < -0.4 is 0 Å². The number of fused-ring (bicyclic) bond motifs is 1. The third kappa shape index (κ3) is 2.61. The van der Waals surface area contributed by atoms with Crippen molar-refractivity contribution in [2.45, 2.75) is 19.4 Å². The average Bonchev–Trinajstić information content (AvgIpc) is 2.46. The van der Waals surface area contributed by atoms with Crippen LogP contribution >= 0.6 is 0 Å². The number of carbonyl (C=O) groups excluding carboxylic acids is 1. The highest BCUT2D eigenvalue weighted by Gasteiger charge is 2.27. The minimum Gasteiger partial charge on any atom is -0.479 e. The smallest absolute Gasteiger partial charge is 0.331 e. The molecule has 5 nitrogen and oxygen atoms in total. The van der Waals surface area contributed by atoms with Crippen LogP contribution in [0.5, 0.6) is 0 Å². The Bertz CT molecular complexity index is 622. The molecule has 5 heteroatoms. The molecule has 0 radical (unpaired) electrons. The largest absolute Gasteiger partial charge is 0.479 e. The lowest BCUT2D eigenvalue weighted by Gasteiger charge is -2.25. The molecule has 1 atom stereocenters. The minimum absolute atomic E-state index is 0.393. The summed E-state index contributed by atoms with van der Waals surface area (Å²) in [7, 11) is 0. The molecule has 20 heavy (non-hydrogen) atoms.